The number of para-hydroxylation sites is 1. The first kappa shape index (κ1) is 19.3. The summed E-state index contributed by atoms with van der Waals surface area (Å²) in [6.45, 7) is 3.64. The quantitative estimate of drug-likeness (QED) is 0.640. The van der Waals surface area contributed by atoms with Gasteiger partial charge in [0.25, 0.3) is 5.56 Å². The fourth-order valence-corrected chi connectivity index (χ4v) is 3.74. The average molecular weight is 395 g/mol. The summed E-state index contributed by atoms with van der Waals surface area (Å²) in [6, 6.07) is 9.16. The molecule has 8 heteroatoms. The van der Waals surface area contributed by atoms with Gasteiger partial charge in [-0.15, -0.1) is 11.3 Å². The Bertz CT molecular complexity index is 1150. The molecule has 0 saturated carbocycles. The molecule has 0 atom stereocenters. The van der Waals surface area contributed by atoms with Gasteiger partial charge >= 0.3 is 5.97 Å². The molecular weight excluding hydrogens is 378 g/mol. The molecule has 1 N–H and O–H groups in total. The molecule has 1 aromatic carbocycles. The summed E-state index contributed by atoms with van der Waals surface area (Å²) < 4.78 is 10.4. The van der Waals surface area contributed by atoms with Crippen molar-refractivity contribution in [3.05, 3.63) is 56.4 Å². The maximum Gasteiger partial charge on any atom is 0.348 e. The maximum absolute atomic E-state index is 12.5. The molecule has 142 valence electrons. The lowest BCUT2D eigenvalue weighted by Gasteiger charge is -2.05. The van der Waals surface area contributed by atoms with Crippen molar-refractivity contribution in [1.29, 1.82) is 5.26 Å². The molecule has 3 aromatic rings. The summed E-state index contributed by atoms with van der Waals surface area (Å²) in [5.41, 5.74) is 0.996. The molecule has 7 nitrogen and oxygen atoms in total. The summed E-state index contributed by atoms with van der Waals surface area (Å²) >= 11 is 1.14. The number of carbonyl (C=O) groups is 1. The summed E-state index contributed by atoms with van der Waals surface area (Å²) in [5.74, 6) is 0.451. The summed E-state index contributed by atoms with van der Waals surface area (Å²) in [4.78, 5) is 32.6. The van der Waals surface area contributed by atoms with Gasteiger partial charge < -0.3 is 14.5 Å². The van der Waals surface area contributed by atoms with Crippen LogP contribution in [-0.2, 0) is 4.74 Å². The lowest BCUT2D eigenvalue weighted by molar-refractivity contribution is 0.0531. The van der Waals surface area contributed by atoms with E-state index in [0.29, 0.717) is 32.2 Å². The van der Waals surface area contributed by atoms with Crippen molar-refractivity contribution >= 4 is 39.7 Å². The number of aryl methyl sites for hydroxylation is 1. The number of hydrogen-bond acceptors (Lipinski definition) is 7. The van der Waals surface area contributed by atoms with E-state index in [1.54, 1.807) is 32.1 Å². The standard InChI is InChI=1S/C20H17N3O4S/c1-3-26-20(25)17-12(2)16-18(24)22-15(23-19(16)28-17)9-8-13-6-4-5-7-14(13)27-11-10-21/h4-9H,3,11H2,1-2H3,(H,22,23,24)/b9-8+. The molecule has 0 amide bonds. The Labute approximate surface area is 164 Å². The number of thiophene rings is 1. The highest BCUT2D eigenvalue weighted by molar-refractivity contribution is 7.20. The number of benzene rings is 1. The first-order chi connectivity index (χ1) is 13.5. The van der Waals surface area contributed by atoms with Crippen LogP contribution in [0.1, 0.15) is 33.5 Å². The van der Waals surface area contributed by atoms with Crippen LogP contribution in [0.15, 0.2) is 29.1 Å². The number of nitrogens with one attached hydrogen (secondary N) is 1. The van der Waals surface area contributed by atoms with Gasteiger partial charge in [-0.2, -0.15) is 5.26 Å². The Morgan fingerprint density at radius 3 is 2.89 bits per heavy atom. The van der Waals surface area contributed by atoms with Crippen LogP contribution >= 0.6 is 11.3 Å². The second-order valence-corrected chi connectivity index (χ2v) is 6.72. The van der Waals surface area contributed by atoms with Gasteiger partial charge in [0.05, 0.1) is 12.0 Å². The van der Waals surface area contributed by atoms with Crippen molar-refractivity contribution in [3.63, 3.8) is 0 Å². The molecule has 0 unspecified atom stereocenters. The van der Waals surface area contributed by atoms with Crippen LogP contribution in [0.2, 0.25) is 0 Å². The van der Waals surface area contributed by atoms with Crippen molar-refractivity contribution in [2.75, 3.05) is 13.2 Å². The minimum absolute atomic E-state index is 0.0585. The van der Waals surface area contributed by atoms with Gasteiger partial charge in [-0.05, 0) is 37.6 Å². The van der Waals surface area contributed by atoms with E-state index < -0.39 is 5.97 Å². The zero-order chi connectivity index (χ0) is 20.1. The fraction of sp³-hybridized carbons (Fsp3) is 0.200. The normalized spacial score (nSPS) is 10.9. The largest absolute Gasteiger partial charge is 0.478 e. The molecule has 0 radical (unpaired) electrons. The highest BCUT2D eigenvalue weighted by atomic mass is 32.1. The van der Waals surface area contributed by atoms with Crippen LogP contribution in [0.3, 0.4) is 0 Å². The van der Waals surface area contributed by atoms with E-state index in [2.05, 4.69) is 9.97 Å². The van der Waals surface area contributed by atoms with Crippen molar-refractivity contribution in [3.8, 4) is 11.8 Å². The molecule has 0 fully saturated rings. The summed E-state index contributed by atoms with van der Waals surface area (Å²) in [7, 11) is 0. The van der Waals surface area contributed by atoms with Gasteiger partial charge in [0, 0.05) is 5.56 Å². The van der Waals surface area contributed by atoms with E-state index in [9.17, 15) is 9.59 Å². The Kier molecular flexibility index (Phi) is 5.87. The number of H-pyrrole nitrogens is 1. The molecule has 0 bridgehead atoms. The molecule has 2 heterocycles. The molecule has 0 aliphatic rings. The number of hydrogen-bond donors (Lipinski definition) is 1. The predicted octanol–water partition coefficient (Wildman–Crippen LogP) is 3.54. The van der Waals surface area contributed by atoms with E-state index in [4.69, 9.17) is 14.7 Å². The van der Waals surface area contributed by atoms with Crippen LogP contribution in [-0.4, -0.2) is 29.2 Å². The highest BCUT2D eigenvalue weighted by Gasteiger charge is 2.19. The Balaban J connectivity index is 1.97. The molecule has 0 aliphatic carbocycles. The van der Waals surface area contributed by atoms with Crippen LogP contribution in [0.25, 0.3) is 22.4 Å². The molecule has 3 rings (SSSR count). The van der Waals surface area contributed by atoms with Crippen LogP contribution in [0.4, 0.5) is 0 Å². The monoisotopic (exact) mass is 395 g/mol. The number of rotatable bonds is 6. The zero-order valence-electron chi connectivity index (χ0n) is 15.3. The van der Waals surface area contributed by atoms with E-state index in [0.717, 1.165) is 16.9 Å². The second-order valence-electron chi connectivity index (χ2n) is 5.73. The van der Waals surface area contributed by atoms with Gasteiger partial charge in [0.1, 0.15) is 27.4 Å². The number of aromatic nitrogens is 2. The molecule has 28 heavy (non-hydrogen) atoms. The smallest absolute Gasteiger partial charge is 0.348 e. The van der Waals surface area contributed by atoms with Crippen molar-refractivity contribution in [2.45, 2.75) is 13.8 Å². The number of nitriles is 1. The topological polar surface area (TPSA) is 105 Å². The number of nitrogens with zero attached hydrogens (tertiary/aromatic N) is 2. The molecule has 2 aromatic heterocycles. The lowest BCUT2D eigenvalue weighted by Crippen LogP contribution is -2.10. The third-order valence-electron chi connectivity index (χ3n) is 3.91. The zero-order valence-corrected chi connectivity index (χ0v) is 16.1. The van der Waals surface area contributed by atoms with Crippen molar-refractivity contribution in [2.24, 2.45) is 0 Å². The molecule has 0 saturated heterocycles. The van der Waals surface area contributed by atoms with E-state index in [-0.39, 0.29) is 18.8 Å². The van der Waals surface area contributed by atoms with Gasteiger partial charge in [-0.25, -0.2) is 9.78 Å². The average Bonchev–Trinajstić information content (AvgIpc) is 3.02. The number of carbonyl (C=O) groups excluding carboxylic acids is 1. The lowest BCUT2D eigenvalue weighted by atomic mass is 10.2. The van der Waals surface area contributed by atoms with Gasteiger partial charge in [0.15, 0.2) is 6.61 Å². The third-order valence-corrected chi connectivity index (χ3v) is 5.08. The summed E-state index contributed by atoms with van der Waals surface area (Å²) in [5, 5.41) is 9.07. The fourth-order valence-electron chi connectivity index (χ4n) is 2.66. The van der Waals surface area contributed by atoms with Gasteiger partial charge in [-0.1, -0.05) is 18.2 Å². The Morgan fingerprint density at radius 1 is 1.36 bits per heavy atom. The van der Waals surface area contributed by atoms with Crippen LogP contribution < -0.4 is 10.3 Å². The third kappa shape index (κ3) is 3.94. The van der Waals surface area contributed by atoms with Gasteiger partial charge in [-0.3, -0.25) is 4.79 Å². The van der Waals surface area contributed by atoms with Crippen LogP contribution in [0.5, 0.6) is 5.75 Å². The molecular formula is C20H17N3O4S. The second kappa shape index (κ2) is 8.50. The number of esters is 1. The summed E-state index contributed by atoms with van der Waals surface area (Å²) in [6.07, 6.45) is 3.39. The predicted molar refractivity (Wildman–Crippen MR) is 107 cm³/mol. The molecule has 0 spiro atoms. The SMILES string of the molecule is CCOC(=O)c1sc2nc(/C=C/c3ccccc3OCC#N)[nH]c(=O)c2c1C. The Morgan fingerprint density at radius 2 is 2.14 bits per heavy atom. The first-order valence-corrected chi connectivity index (χ1v) is 9.34. The molecule has 0 aliphatic heterocycles. The van der Waals surface area contributed by atoms with Gasteiger partial charge in [0.2, 0.25) is 0 Å². The number of aromatic amines is 1. The Hall–Kier alpha value is -3.44. The minimum Gasteiger partial charge on any atom is -0.478 e. The minimum atomic E-state index is -0.455. The van der Waals surface area contributed by atoms with Crippen molar-refractivity contribution < 1.29 is 14.3 Å². The highest BCUT2D eigenvalue weighted by Crippen LogP contribution is 2.28. The number of fused-ring (bicyclic) bond motifs is 1. The van der Waals surface area contributed by atoms with E-state index >= 15 is 0 Å². The maximum atomic E-state index is 12.5. The van der Waals surface area contributed by atoms with Crippen molar-refractivity contribution in [1.82, 2.24) is 9.97 Å². The first-order valence-electron chi connectivity index (χ1n) is 8.52. The van der Waals surface area contributed by atoms with E-state index in [1.807, 2.05) is 24.3 Å². The van der Waals surface area contributed by atoms with E-state index in [1.165, 1.54) is 0 Å². The van der Waals surface area contributed by atoms with Crippen LogP contribution in [0, 0.1) is 18.3 Å². The number of ether oxygens (including phenoxy) is 2.